The molecule has 0 fully saturated rings. The molecule has 21 heavy (non-hydrogen) atoms. The highest BCUT2D eigenvalue weighted by molar-refractivity contribution is 6.34. The highest BCUT2D eigenvalue weighted by Gasteiger charge is 2.21. The molecule has 1 amide bonds. The highest BCUT2D eigenvalue weighted by Crippen LogP contribution is 2.25. The van der Waals surface area contributed by atoms with Crippen LogP contribution in [0.1, 0.15) is 40.9 Å². The number of aromatic nitrogens is 2. The summed E-state index contributed by atoms with van der Waals surface area (Å²) in [4.78, 5) is 12.3. The lowest BCUT2D eigenvalue weighted by atomic mass is 10.1. The van der Waals surface area contributed by atoms with Crippen LogP contribution in [0.2, 0.25) is 5.02 Å². The smallest absolute Gasteiger partial charge is 0.256 e. The summed E-state index contributed by atoms with van der Waals surface area (Å²) in [5.41, 5.74) is 1.43. The van der Waals surface area contributed by atoms with E-state index in [4.69, 9.17) is 11.6 Å². The van der Waals surface area contributed by atoms with Gasteiger partial charge in [-0.05, 0) is 25.0 Å². The average molecular weight is 310 g/mol. The Labute approximate surface area is 127 Å². The van der Waals surface area contributed by atoms with Gasteiger partial charge in [0.15, 0.2) is 0 Å². The maximum Gasteiger partial charge on any atom is 0.256 e. The van der Waals surface area contributed by atoms with Crippen LogP contribution in [0.25, 0.3) is 0 Å². The van der Waals surface area contributed by atoms with E-state index in [2.05, 4.69) is 10.4 Å². The molecule has 0 aliphatic carbocycles. The van der Waals surface area contributed by atoms with E-state index in [1.54, 1.807) is 30.9 Å². The third kappa shape index (κ3) is 3.24. The number of hydrogen-bond donors (Lipinski definition) is 1. The van der Waals surface area contributed by atoms with Gasteiger partial charge in [0.2, 0.25) is 0 Å². The SMILES string of the molecule is CCC(NC(=O)c1c(F)ccc(C)c1Cl)c1cnn(C)c1. The minimum atomic E-state index is -0.621. The number of benzene rings is 1. The van der Waals surface area contributed by atoms with Gasteiger partial charge in [0, 0.05) is 18.8 Å². The van der Waals surface area contributed by atoms with Crippen LogP contribution in [0.15, 0.2) is 24.5 Å². The summed E-state index contributed by atoms with van der Waals surface area (Å²) in [7, 11) is 1.80. The van der Waals surface area contributed by atoms with E-state index in [-0.39, 0.29) is 16.6 Å². The summed E-state index contributed by atoms with van der Waals surface area (Å²) in [6.07, 6.45) is 4.17. The van der Waals surface area contributed by atoms with Gasteiger partial charge in [0.05, 0.1) is 22.8 Å². The maximum atomic E-state index is 13.9. The molecule has 0 spiro atoms. The van der Waals surface area contributed by atoms with Crippen LogP contribution in [-0.4, -0.2) is 15.7 Å². The molecule has 0 aliphatic rings. The number of amides is 1. The lowest BCUT2D eigenvalue weighted by Gasteiger charge is -2.16. The molecular weight excluding hydrogens is 293 g/mol. The number of aryl methyl sites for hydroxylation is 2. The number of rotatable bonds is 4. The van der Waals surface area contributed by atoms with Crippen LogP contribution in [0.3, 0.4) is 0 Å². The number of halogens is 2. The van der Waals surface area contributed by atoms with Crippen molar-refractivity contribution < 1.29 is 9.18 Å². The summed E-state index contributed by atoms with van der Waals surface area (Å²) < 4.78 is 15.5. The van der Waals surface area contributed by atoms with Gasteiger partial charge < -0.3 is 5.32 Å². The molecule has 2 rings (SSSR count). The Balaban J connectivity index is 2.27. The zero-order valence-electron chi connectivity index (χ0n) is 12.2. The monoisotopic (exact) mass is 309 g/mol. The molecule has 1 aromatic heterocycles. The topological polar surface area (TPSA) is 46.9 Å². The molecule has 2 aromatic rings. The zero-order valence-corrected chi connectivity index (χ0v) is 12.9. The summed E-state index contributed by atoms with van der Waals surface area (Å²) in [5.74, 6) is -1.14. The number of hydrogen-bond acceptors (Lipinski definition) is 2. The van der Waals surface area contributed by atoms with Crippen LogP contribution in [-0.2, 0) is 7.05 Å². The van der Waals surface area contributed by atoms with E-state index < -0.39 is 11.7 Å². The van der Waals surface area contributed by atoms with Crippen LogP contribution >= 0.6 is 11.6 Å². The zero-order chi connectivity index (χ0) is 15.6. The molecule has 1 N–H and O–H groups in total. The predicted molar refractivity (Wildman–Crippen MR) is 79.9 cm³/mol. The van der Waals surface area contributed by atoms with Gasteiger partial charge in [0.1, 0.15) is 5.82 Å². The summed E-state index contributed by atoms with van der Waals surface area (Å²) in [5, 5.41) is 7.03. The molecule has 0 radical (unpaired) electrons. The normalized spacial score (nSPS) is 12.2. The standard InChI is InChI=1S/C15H17ClFN3O/c1-4-12(10-7-18-20(3)8-10)19-15(21)13-11(17)6-5-9(2)14(13)16/h5-8,12H,4H2,1-3H3,(H,19,21). The largest absolute Gasteiger partial charge is 0.345 e. The number of nitrogens with one attached hydrogen (secondary N) is 1. The Hall–Kier alpha value is -1.88. The van der Waals surface area contributed by atoms with E-state index in [9.17, 15) is 9.18 Å². The average Bonchev–Trinajstić information content (AvgIpc) is 2.87. The lowest BCUT2D eigenvalue weighted by molar-refractivity contribution is 0.0931. The van der Waals surface area contributed by atoms with Gasteiger partial charge in [-0.25, -0.2) is 4.39 Å². The summed E-state index contributed by atoms with van der Waals surface area (Å²) >= 11 is 6.05. The Bertz CT molecular complexity index is 669. The van der Waals surface area contributed by atoms with Crippen LogP contribution in [0.5, 0.6) is 0 Å². The molecule has 4 nitrogen and oxygen atoms in total. The Kier molecular flexibility index (Phi) is 4.63. The minimum absolute atomic E-state index is 0.112. The first kappa shape index (κ1) is 15.5. The van der Waals surface area contributed by atoms with Gasteiger partial charge in [-0.2, -0.15) is 5.10 Å². The van der Waals surface area contributed by atoms with Crippen molar-refractivity contribution in [2.45, 2.75) is 26.3 Å². The molecule has 0 bridgehead atoms. The van der Waals surface area contributed by atoms with Crippen molar-refractivity contribution in [2.24, 2.45) is 7.05 Å². The first-order chi connectivity index (χ1) is 9.93. The van der Waals surface area contributed by atoms with Gasteiger partial charge in [0.25, 0.3) is 5.91 Å². The van der Waals surface area contributed by atoms with E-state index in [0.29, 0.717) is 12.0 Å². The van der Waals surface area contributed by atoms with Crippen molar-refractivity contribution in [3.8, 4) is 0 Å². The second-order valence-electron chi connectivity index (χ2n) is 4.93. The third-order valence-electron chi connectivity index (χ3n) is 3.35. The van der Waals surface area contributed by atoms with Crippen molar-refractivity contribution in [2.75, 3.05) is 0 Å². The molecule has 1 unspecified atom stereocenters. The molecule has 0 saturated carbocycles. The van der Waals surface area contributed by atoms with E-state index >= 15 is 0 Å². The summed E-state index contributed by atoms with van der Waals surface area (Å²) in [6, 6.07) is 2.57. The quantitative estimate of drug-likeness (QED) is 0.941. The van der Waals surface area contributed by atoms with Gasteiger partial charge in [-0.15, -0.1) is 0 Å². The molecule has 1 atom stereocenters. The third-order valence-corrected chi connectivity index (χ3v) is 3.84. The van der Waals surface area contributed by atoms with Crippen LogP contribution in [0, 0.1) is 12.7 Å². The Morgan fingerprint density at radius 1 is 1.52 bits per heavy atom. The fraction of sp³-hybridized carbons (Fsp3) is 0.333. The Morgan fingerprint density at radius 2 is 2.24 bits per heavy atom. The van der Waals surface area contributed by atoms with Crippen molar-refractivity contribution in [1.82, 2.24) is 15.1 Å². The molecule has 1 heterocycles. The van der Waals surface area contributed by atoms with Crippen LogP contribution in [0.4, 0.5) is 4.39 Å². The highest BCUT2D eigenvalue weighted by atomic mass is 35.5. The fourth-order valence-electron chi connectivity index (χ4n) is 2.14. The molecule has 6 heteroatoms. The van der Waals surface area contributed by atoms with Gasteiger partial charge in [-0.1, -0.05) is 24.6 Å². The molecule has 0 aliphatic heterocycles. The van der Waals surface area contributed by atoms with Crippen molar-refractivity contribution in [1.29, 1.82) is 0 Å². The maximum absolute atomic E-state index is 13.9. The second kappa shape index (κ2) is 6.26. The van der Waals surface area contributed by atoms with Crippen LogP contribution < -0.4 is 5.32 Å². The number of carbonyl (C=O) groups excluding carboxylic acids is 1. The van der Waals surface area contributed by atoms with Crippen molar-refractivity contribution in [3.05, 3.63) is 52.1 Å². The van der Waals surface area contributed by atoms with E-state index in [1.165, 1.54) is 6.07 Å². The van der Waals surface area contributed by atoms with E-state index in [1.807, 2.05) is 13.1 Å². The van der Waals surface area contributed by atoms with Crippen molar-refractivity contribution in [3.63, 3.8) is 0 Å². The fourth-order valence-corrected chi connectivity index (χ4v) is 2.38. The van der Waals surface area contributed by atoms with E-state index in [0.717, 1.165) is 5.56 Å². The molecule has 112 valence electrons. The first-order valence-electron chi connectivity index (χ1n) is 6.68. The molecular formula is C15H17ClFN3O. The van der Waals surface area contributed by atoms with Crippen molar-refractivity contribution >= 4 is 17.5 Å². The predicted octanol–water partition coefficient (Wildman–Crippen LogP) is 3.40. The lowest BCUT2D eigenvalue weighted by Crippen LogP contribution is -2.29. The number of carbonyl (C=O) groups is 1. The summed E-state index contributed by atoms with van der Waals surface area (Å²) in [6.45, 7) is 3.67. The minimum Gasteiger partial charge on any atom is -0.345 e. The Morgan fingerprint density at radius 3 is 2.81 bits per heavy atom. The van der Waals surface area contributed by atoms with Gasteiger partial charge in [-0.3, -0.25) is 9.48 Å². The van der Waals surface area contributed by atoms with Gasteiger partial charge >= 0.3 is 0 Å². The second-order valence-corrected chi connectivity index (χ2v) is 5.31. The number of nitrogens with zero attached hydrogens (tertiary/aromatic N) is 2. The molecule has 0 saturated heterocycles. The molecule has 1 aromatic carbocycles. The first-order valence-corrected chi connectivity index (χ1v) is 7.05.